The molecule has 0 saturated carbocycles. The van der Waals surface area contributed by atoms with Crippen LogP contribution in [-0.4, -0.2) is 29.3 Å². The molecule has 1 aromatic heterocycles. The Morgan fingerprint density at radius 2 is 2.28 bits per heavy atom. The third kappa shape index (κ3) is 2.94. The number of pyridine rings is 1. The van der Waals surface area contributed by atoms with Crippen molar-refractivity contribution in [3.8, 4) is 0 Å². The average Bonchev–Trinajstić information content (AvgIpc) is 2.70. The quantitative estimate of drug-likeness (QED) is 0.769. The summed E-state index contributed by atoms with van der Waals surface area (Å²) in [5, 5.41) is 0. The lowest BCUT2D eigenvalue weighted by molar-refractivity contribution is -0.133. The molecule has 0 radical (unpaired) electrons. The van der Waals surface area contributed by atoms with Crippen LogP contribution in [0.25, 0.3) is 0 Å². The van der Waals surface area contributed by atoms with Crippen molar-refractivity contribution in [1.82, 2.24) is 4.98 Å². The fourth-order valence-corrected chi connectivity index (χ4v) is 1.99. The zero-order chi connectivity index (χ0) is 13.2. The minimum atomic E-state index is -0.679. The molecule has 1 aromatic rings. The second-order valence-corrected chi connectivity index (χ2v) is 4.95. The molecule has 1 saturated heterocycles. The van der Waals surface area contributed by atoms with E-state index in [9.17, 15) is 4.79 Å². The Morgan fingerprint density at radius 3 is 2.89 bits per heavy atom. The minimum absolute atomic E-state index is 0.0986. The first kappa shape index (κ1) is 13.2. The van der Waals surface area contributed by atoms with E-state index in [4.69, 9.17) is 9.47 Å². The molecule has 1 unspecified atom stereocenters. The van der Waals surface area contributed by atoms with E-state index in [0.29, 0.717) is 12.3 Å². The Hall–Kier alpha value is -1.26. The standard InChI is InChI=1S/C14H19NO3/c1-4-6-10-7-5-8-11(15-10)13(16)12-9-17-14(2,3)18-12/h5,7-8,12H,4,6,9H2,1-3H3. The predicted octanol–water partition coefficient (Wildman–Crippen LogP) is 2.37. The summed E-state index contributed by atoms with van der Waals surface area (Å²) in [5.74, 6) is -0.778. The number of hydrogen-bond donors (Lipinski definition) is 0. The Morgan fingerprint density at radius 1 is 1.50 bits per heavy atom. The lowest BCUT2D eigenvalue weighted by Crippen LogP contribution is -2.27. The van der Waals surface area contributed by atoms with Gasteiger partial charge in [-0.15, -0.1) is 0 Å². The largest absolute Gasteiger partial charge is 0.347 e. The van der Waals surface area contributed by atoms with Gasteiger partial charge in [0.05, 0.1) is 6.61 Å². The summed E-state index contributed by atoms with van der Waals surface area (Å²) in [6.45, 7) is 6.00. The van der Waals surface area contributed by atoms with Crippen molar-refractivity contribution in [2.24, 2.45) is 0 Å². The molecule has 4 nitrogen and oxygen atoms in total. The van der Waals surface area contributed by atoms with Crippen LogP contribution >= 0.6 is 0 Å². The Bertz CT molecular complexity index is 442. The molecule has 4 heteroatoms. The molecule has 0 N–H and O–H groups in total. The summed E-state index contributed by atoms with van der Waals surface area (Å²) in [6, 6.07) is 5.54. The maximum Gasteiger partial charge on any atom is 0.212 e. The van der Waals surface area contributed by atoms with E-state index in [1.54, 1.807) is 19.9 Å². The van der Waals surface area contributed by atoms with Crippen molar-refractivity contribution >= 4 is 5.78 Å². The maximum atomic E-state index is 12.2. The fourth-order valence-electron chi connectivity index (χ4n) is 1.99. The van der Waals surface area contributed by atoms with Gasteiger partial charge < -0.3 is 9.47 Å². The molecule has 18 heavy (non-hydrogen) atoms. The SMILES string of the molecule is CCCc1cccc(C(=O)C2COC(C)(C)O2)n1. The number of ether oxygens (including phenoxy) is 2. The summed E-state index contributed by atoms with van der Waals surface area (Å²) in [7, 11) is 0. The lowest BCUT2D eigenvalue weighted by atomic mass is 10.1. The first-order valence-electron chi connectivity index (χ1n) is 6.34. The van der Waals surface area contributed by atoms with Crippen molar-refractivity contribution in [2.75, 3.05) is 6.61 Å². The van der Waals surface area contributed by atoms with Gasteiger partial charge in [-0.25, -0.2) is 4.98 Å². The summed E-state index contributed by atoms with van der Waals surface area (Å²) in [6.07, 6.45) is 1.36. The van der Waals surface area contributed by atoms with Crippen LogP contribution in [0.4, 0.5) is 0 Å². The van der Waals surface area contributed by atoms with Crippen LogP contribution < -0.4 is 0 Å². The van der Waals surface area contributed by atoms with Crippen molar-refractivity contribution in [1.29, 1.82) is 0 Å². The normalized spacial score (nSPS) is 22.1. The van der Waals surface area contributed by atoms with E-state index in [0.717, 1.165) is 18.5 Å². The molecule has 0 amide bonds. The zero-order valence-electron chi connectivity index (χ0n) is 11.1. The number of carbonyl (C=O) groups is 1. The highest BCUT2D eigenvalue weighted by molar-refractivity contribution is 5.98. The van der Waals surface area contributed by atoms with Crippen LogP contribution in [-0.2, 0) is 15.9 Å². The maximum absolute atomic E-state index is 12.2. The summed E-state index contributed by atoms with van der Waals surface area (Å²) in [5.41, 5.74) is 1.41. The van der Waals surface area contributed by atoms with Crippen molar-refractivity contribution in [3.63, 3.8) is 0 Å². The second kappa shape index (κ2) is 5.16. The third-order valence-electron chi connectivity index (χ3n) is 2.87. The molecular weight excluding hydrogens is 230 g/mol. The molecule has 0 bridgehead atoms. The van der Waals surface area contributed by atoms with E-state index in [-0.39, 0.29) is 5.78 Å². The molecule has 98 valence electrons. The molecule has 1 fully saturated rings. The highest BCUT2D eigenvalue weighted by Crippen LogP contribution is 2.24. The molecule has 0 aromatic carbocycles. The van der Waals surface area contributed by atoms with E-state index in [1.807, 2.05) is 12.1 Å². The Kier molecular flexibility index (Phi) is 3.78. The summed E-state index contributed by atoms with van der Waals surface area (Å²) in [4.78, 5) is 16.6. The lowest BCUT2D eigenvalue weighted by Gasteiger charge is -2.16. The van der Waals surface area contributed by atoms with E-state index in [2.05, 4.69) is 11.9 Å². The van der Waals surface area contributed by atoms with Gasteiger partial charge in [-0.1, -0.05) is 19.4 Å². The third-order valence-corrected chi connectivity index (χ3v) is 2.87. The molecule has 2 rings (SSSR count). The first-order chi connectivity index (χ1) is 8.52. The van der Waals surface area contributed by atoms with Crippen LogP contribution in [0.3, 0.4) is 0 Å². The Balaban J connectivity index is 2.12. The van der Waals surface area contributed by atoms with Crippen molar-refractivity contribution < 1.29 is 14.3 Å². The highest BCUT2D eigenvalue weighted by Gasteiger charge is 2.37. The topological polar surface area (TPSA) is 48.4 Å². The molecule has 2 heterocycles. The highest BCUT2D eigenvalue weighted by atomic mass is 16.7. The van der Waals surface area contributed by atoms with Crippen molar-refractivity contribution in [3.05, 3.63) is 29.6 Å². The van der Waals surface area contributed by atoms with E-state index < -0.39 is 11.9 Å². The number of rotatable bonds is 4. The Labute approximate surface area is 107 Å². The molecule has 0 aliphatic carbocycles. The van der Waals surface area contributed by atoms with Crippen LogP contribution in [0.2, 0.25) is 0 Å². The van der Waals surface area contributed by atoms with Gasteiger partial charge in [-0.05, 0) is 32.4 Å². The smallest absolute Gasteiger partial charge is 0.212 e. The van der Waals surface area contributed by atoms with Crippen LogP contribution in [0.5, 0.6) is 0 Å². The molecule has 1 atom stereocenters. The van der Waals surface area contributed by atoms with E-state index >= 15 is 0 Å². The number of hydrogen-bond acceptors (Lipinski definition) is 4. The van der Waals surface area contributed by atoms with Gasteiger partial charge in [0.2, 0.25) is 5.78 Å². The van der Waals surface area contributed by atoms with Gasteiger partial charge in [0, 0.05) is 5.69 Å². The van der Waals surface area contributed by atoms with Gasteiger partial charge in [-0.2, -0.15) is 0 Å². The van der Waals surface area contributed by atoms with Crippen LogP contribution in [0, 0.1) is 0 Å². The van der Waals surface area contributed by atoms with E-state index in [1.165, 1.54) is 0 Å². The first-order valence-corrected chi connectivity index (χ1v) is 6.34. The number of ketones is 1. The monoisotopic (exact) mass is 249 g/mol. The summed E-state index contributed by atoms with van der Waals surface area (Å²) < 4.78 is 11.0. The van der Waals surface area contributed by atoms with Gasteiger partial charge in [0.15, 0.2) is 5.79 Å². The number of aryl methyl sites for hydroxylation is 1. The number of aromatic nitrogens is 1. The van der Waals surface area contributed by atoms with Crippen molar-refractivity contribution in [2.45, 2.75) is 45.5 Å². The summed E-state index contributed by atoms with van der Waals surface area (Å²) >= 11 is 0. The van der Waals surface area contributed by atoms with Crippen LogP contribution in [0.1, 0.15) is 43.4 Å². The fraction of sp³-hybridized carbons (Fsp3) is 0.571. The second-order valence-electron chi connectivity index (χ2n) is 4.95. The number of nitrogens with zero attached hydrogens (tertiary/aromatic N) is 1. The molecular formula is C14H19NO3. The van der Waals surface area contributed by atoms with Gasteiger partial charge >= 0.3 is 0 Å². The van der Waals surface area contributed by atoms with Crippen LogP contribution in [0.15, 0.2) is 18.2 Å². The molecule has 1 aliphatic heterocycles. The van der Waals surface area contributed by atoms with Gasteiger partial charge in [0.25, 0.3) is 0 Å². The number of Topliss-reactive ketones (excluding diaryl/α,β-unsaturated/α-hetero) is 1. The minimum Gasteiger partial charge on any atom is -0.347 e. The average molecular weight is 249 g/mol. The molecule has 1 aliphatic rings. The zero-order valence-corrected chi connectivity index (χ0v) is 11.1. The number of carbonyl (C=O) groups excluding carboxylic acids is 1. The van der Waals surface area contributed by atoms with Gasteiger partial charge in [0.1, 0.15) is 11.8 Å². The van der Waals surface area contributed by atoms with Gasteiger partial charge in [-0.3, -0.25) is 4.79 Å². The predicted molar refractivity (Wildman–Crippen MR) is 67.5 cm³/mol. The molecule has 0 spiro atoms.